The Labute approximate surface area is 103 Å². The molecule has 0 bridgehead atoms. The van der Waals surface area contributed by atoms with E-state index in [1.807, 2.05) is 45.0 Å². The van der Waals surface area contributed by atoms with Crippen LogP contribution in [0.5, 0.6) is 0 Å². The van der Waals surface area contributed by atoms with Gasteiger partial charge in [-0.2, -0.15) is 0 Å². The molecular weight excluding hydrogens is 214 g/mol. The molecule has 0 amide bonds. The van der Waals surface area contributed by atoms with E-state index in [0.29, 0.717) is 6.42 Å². The number of carbonyl (C=O) groups is 1. The number of rotatable bonds is 4. The smallest absolute Gasteiger partial charge is 0.306 e. The molecule has 0 aliphatic carbocycles. The summed E-state index contributed by atoms with van der Waals surface area (Å²) in [6.45, 7) is 5.91. The molecule has 3 nitrogen and oxygen atoms in total. The van der Waals surface area contributed by atoms with Crippen LogP contribution < -0.4 is 5.73 Å². The van der Waals surface area contributed by atoms with Gasteiger partial charge in [0.2, 0.25) is 0 Å². The summed E-state index contributed by atoms with van der Waals surface area (Å²) in [5.74, 6) is -0.257. The molecule has 0 radical (unpaired) electrons. The molecule has 0 saturated carbocycles. The van der Waals surface area contributed by atoms with Crippen LogP contribution >= 0.6 is 0 Å². The largest absolute Gasteiger partial charge is 0.469 e. The highest BCUT2D eigenvalue weighted by Crippen LogP contribution is 2.31. The molecule has 0 aliphatic rings. The minimum absolute atomic E-state index is 0.0313. The zero-order valence-corrected chi connectivity index (χ0v) is 11.0. The summed E-state index contributed by atoms with van der Waals surface area (Å²) in [5, 5.41) is 0. The monoisotopic (exact) mass is 235 g/mol. The van der Waals surface area contributed by atoms with E-state index in [4.69, 9.17) is 10.5 Å². The maximum absolute atomic E-state index is 11.5. The third kappa shape index (κ3) is 3.56. The zero-order chi connectivity index (χ0) is 13.1. The molecule has 94 valence electrons. The lowest BCUT2D eigenvalue weighted by Crippen LogP contribution is -2.40. The maximum Gasteiger partial charge on any atom is 0.306 e. The topological polar surface area (TPSA) is 52.3 Å². The Balaban J connectivity index is 3.07. The predicted molar refractivity (Wildman–Crippen MR) is 68.8 cm³/mol. The number of carbonyl (C=O) groups excluding carboxylic acids is 1. The minimum Gasteiger partial charge on any atom is -0.469 e. The van der Waals surface area contributed by atoms with Crippen LogP contribution in [0, 0.1) is 6.92 Å². The third-order valence-corrected chi connectivity index (χ3v) is 3.06. The second-order valence-corrected chi connectivity index (χ2v) is 5.01. The fourth-order valence-electron chi connectivity index (χ4n) is 2.00. The number of nitrogens with two attached hydrogens (primary N) is 1. The van der Waals surface area contributed by atoms with E-state index in [0.717, 1.165) is 11.1 Å². The van der Waals surface area contributed by atoms with Gasteiger partial charge in [-0.1, -0.05) is 24.3 Å². The van der Waals surface area contributed by atoms with Crippen molar-refractivity contribution in [2.45, 2.75) is 38.6 Å². The average molecular weight is 235 g/mol. The van der Waals surface area contributed by atoms with Gasteiger partial charge in [-0.3, -0.25) is 4.79 Å². The van der Waals surface area contributed by atoms with Crippen molar-refractivity contribution in [3.8, 4) is 0 Å². The van der Waals surface area contributed by atoms with Crippen LogP contribution in [-0.4, -0.2) is 18.6 Å². The van der Waals surface area contributed by atoms with Crippen molar-refractivity contribution in [3.05, 3.63) is 35.4 Å². The van der Waals surface area contributed by atoms with Crippen LogP contribution in [0.1, 0.15) is 37.3 Å². The summed E-state index contributed by atoms with van der Waals surface area (Å²) in [4.78, 5) is 11.5. The molecule has 0 spiro atoms. The van der Waals surface area contributed by atoms with Crippen molar-refractivity contribution in [1.82, 2.24) is 0 Å². The Morgan fingerprint density at radius 2 is 2.00 bits per heavy atom. The van der Waals surface area contributed by atoms with E-state index in [1.165, 1.54) is 7.11 Å². The van der Waals surface area contributed by atoms with Gasteiger partial charge in [0.1, 0.15) is 0 Å². The lowest BCUT2D eigenvalue weighted by Gasteiger charge is -2.31. The zero-order valence-electron chi connectivity index (χ0n) is 11.0. The molecule has 2 N–H and O–H groups in total. The Morgan fingerprint density at radius 3 is 2.47 bits per heavy atom. The molecule has 0 fully saturated rings. The fourth-order valence-corrected chi connectivity index (χ4v) is 2.00. The fraction of sp³-hybridized carbons (Fsp3) is 0.500. The molecule has 1 aromatic carbocycles. The van der Waals surface area contributed by atoms with E-state index in [9.17, 15) is 4.79 Å². The van der Waals surface area contributed by atoms with Gasteiger partial charge in [-0.05, 0) is 31.9 Å². The normalized spacial score (nSPS) is 13.2. The highest BCUT2D eigenvalue weighted by atomic mass is 16.5. The van der Waals surface area contributed by atoms with Gasteiger partial charge in [0.05, 0.1) is 13.5 Å². The summed E-state index contributed by atoms with van der Waals surface area (Å²) in [7, 11) is 1.40. The van der Waals surface area contributed by atoms with Crippen molar-refractivity contribution in [2.75, 3.05) is 7.11 Å². The van der Waals surface area contributed by atoms with Crippen LogP contribution in [-0.2, 0) is 9.53 Å². The van der Waals surface area contributed by atoms with Crippen LogP contribution in [0.4, 0.5) is 0 Å². The molecule has 1 atom stereocenters. The highest BCUT2D eigenvalue weighted by Gasteiger charge is 2.30. The van der Waals surface area contributed by atoms with Crippen molar-refractivity contribution >= 4 is 5.97 Å². The first kappa shape index (κ1) is 13.7. The molecule has 1 unspecified atom stereocenters. The number of hydrogen-bond donors (Lipinski definition) is 1. The SMILES string of the molecule is COC(=O)CC(c1ccccc1C)C(C)(C)N. The highest BCUT2D eigenvalue weighted by molar-refractivity contribution is 5.70. The number of methoxy groups -OCH3 is 1. The summed E-state index contributed by atoms with van der Waals surface area (Å²) in [6.07, 6.45) is 0.310. The summed E-state index contributed by atoms with van der Waals surface area (Å²) < 4.78 is 4.74. The van der Waals surface area contributed by atoms with Crippen LogP contribution in [0.25, 0.3) is 0 Å². The van der Waals surface area contributed by atoms with E-state index in [1.54, 1.807) is 0 Å². The summed E-state index contributed by atoms with van der Waals surface area (Å²) >= 11 is 0. The number of hydrogen-bond acceptors (Lipinski definition) is 3. The van der Waals surface area contributed by atoms with Gasteiger partial charge in [0, 0.05) is 11.5 Å². The van der Waals surface area contributed by atoms with Gasteiger partial charge in [0.25, 0.3) is 0 Å². The Morgan fingerprint density at radius 1 is 1.41 bits per heavy atom. The van der Waals surface area contributed by atoms with Crippen LogP contribution in [0.3, 0.4) is 0 Å². The Kier molecular flexibility index (Phi) is 4.29. The van der Waals surface area contributed by atoms with E-state index < -0.39 is 5.54 Å². The molecule has 0 aliphatic heterocycles. The van der Waals surface area contributed by atoms with Gasteiger partial charge < -0.3 is 10.5 Å². The molecule has 0 saturated heterocycles. The number of aryl methyl sites for hydroxylation is 1. The second-order valence-electron chi connectivity index (χ2n) is 5.01. The number of ether oxygens (including phenoxy) is 1. The molecular formula is C14H21NO2. The quantitative estimate of drug-likeness (QED) is 0.815. The Bertz CT molecular complexity index is 393. The van der Waals surface area contributed by atoms with Crippen molar-refractivity contribution in [3.63, 3.8) is 0 Å². The number of esters is 1. The maximum atomic E-state index is 11.5. The lowest BCUT2D eigenvalue weighted by atomic mass is 9.79. The summed E-state index contributed by atoms with van der Waals surface area (Å²) in [5.41, 5.74) is 7.99. The van der Waals surface area contributed by atoms with Crippen molar-refractivity contribution in [2.24, 2.45) is 5.73 Å². The first-order chi connectivity index (χ1) is 7.86. The average Bonchev–Trinajstić information content (AvgIpc) is 2.25. The second kappa shape index (κ2) is 5.32. The van der Waals surface area contributed by atoms with Gasteiger partial charge in [-0.25, -0.2) is 0 Å². The van der Waals surface area contributed by atoms with Crippen molar-refractivity contribution in [1.29, 1.82) is 0 Å². The number of benzene rings is 1. The van der Waals surface area contributed by atoms with E-state index in [-0.39, 0.29) is 11.9 Å². The molecule has 0 heterocycles. The predicted octanol–water partition coefficient (Wildman–Crippen LogP) is 2.38. The minimum atomic E-state index is -0.458. The molecule has 1 aromatic rings. The van der Waals surface area contributed by atoms with Gasteiger partial charge >= 0.3 is 5.97 Å². The first-order valence-electron chi connectivity index (χ1n) is 5.77. The molecule has 0 aromatic heterocycles. The van der Waals surface area contributed by atoms with Crippen LogP contribution in [0.2, 0.25) is 0 Å². The van der Waals surface area contributed by atoms with Crippen molar-refractivity contribution < 1.29 is 9.53 Å². The molecule has 3 heteroatoms. The molecule has 1 rings (SSSR count). The van der Waals surface area contributed by atoms with Gasteiger partial charge in [0.15, 0.2) is 0 Å². The lowest BCUT2D eigenvalue weighted by molar-refractivity contribution is -0.141. The molecule has 17 heavy (non-hydrogen) atoms. The van der Waals surface area contributed by atoms with E-state index in [2.05, 4.69) is 0 Å². The van der Waals surface area contributed by atoms with E-state index >= 15 is 0 Å². The summed E-state index contributed by atoms with van der Waals surface area (Å²) in [6, 6.07) is 8.01. The van der Waals surface area contributed by atoms with Gasteiger partial charge in [-0.15, -0.1) is 0 Å². The third-order valence-electron chi connectivity index (χ3n) is 3.06. The van der Waals surface area contributed by atoms with Crippen LogP contribution in [0.15, 0.2) is 24.3 Å². The Hall–Kier alpha value is -1.35. The first-order valence-corrected chi connectivity index (χ1v) is 5.77. The standard InChI is InChI=1S/C14H21NO2/c1-10-7-5-6-8-11(10)12(14(2,3)15)9-13(16)17-4/h5-8,12H,9,15H2,1-4H3.